The van der Waals surface area contributed by atoms with E-state index in [-0.39, 0.29) is 23.0 Å². The normalized spacial score (nSPS) is 16.9. The van der Waals surface area contributed by atoms with Crippen LogP contribution < -0.4 is 11.5 Å². The van der Waals surface area contributed by atoms with Crippen molar-refractivity contribution in [2.75, 3.05) is 0 Å². The Morgan fingerprint density at radius 2 is 1.92 bits per heavy atom. The van der Waals surface area contributed by atoms with E-state index in [1.54, 1.807) is 4.57 Å². The maximum atomic E-state index is 13.6. The molecule has 0 radical (unpaired) electrons. The van der Waals surface area contributed by atoms with Gasteiger partial charge in [0.2, 0.25) is 0 Å². The maximum absolute atomic E-state index is 13.6. The van der Waals surface area contributed by atoms with Crippen LogP contribution in [-0.2, 0) is 0 Å². The fourth-order valence-corrected chi connectivity index (χ4v) is 2.48. The van der Waals surface area contributed by atoms with Crippen molar-refractivity contribution in [3.8, 4) is 0 Å². The SMILES string of the molecule is CC(F)(F)/C(N)=C/C(=C\N)c1nc2cc(F)c(F)cc2n1C1CC1. The minimum atomic E-state index is -3.22. The van der Waals surface area contributed by atoms with Gasteiger partial charge in [-0.2, -0.15) is 0 Å². The molecule has 0 atom stereocenters. The van der Waals surface area contributed by atoms with Crippen LogP contribution >= 0.6 is 0 Å². The van der Waals surface area contributed by atoms with E-state index in [1.807, 2.05) is 0 Å². The number of imidazole rings is 1. The highest BCUT2D eigenvalue weighted by Crippen LogP contribution is 2.40. The van der Waals surface area contributed by atoms with Gasteiger partial charge in [0, 0.05) is 36.9 Å². The summed E-state index contributed by atoms with van der Waals surface area (Å²) in [6.45, 7) is 0.668. The van der Waals surface area contributed by atoms with E-state index in [4.69, 9.17) is 11.5 Å². The molecule has 1 heterocycles. The summed E-state index contributed by atoms with van der Waals surface area (Å²) < 4.78 is 55.4. The summed E-state index contributed by atoms with van der Waals surface area (Å²) in [5.74, 6) is -4.98. The third kappa shape index (κ3) is 2.83. The molecule has 0 aliphatic heterocycles. The van der Waals surface area contributed by atoms with Crippen molar-refractivity contribution in [3.05, 3.63) is 47.6 Å². The summed E-state index contributed by atoms with van der Waals surface area (Å²) in [4.78, 5) is 4.25. The highest BCUT2D eigenvalue weighted by molar-refractivity contribution is 5.83. The first kappa shape index (κ1) is 16.4. The first-order valence-corrected chi connectivity index (χ1v) is 7.37. The second-order valence-corrected chi connectivity index (χ2v) is 5.90. The first-order valence-electron chi connectivity index (χ1n) is 7.37. The number of hydrogen-bond donors (Lipinski definition) is 2. The molecule has 0 unspecified atom stereocenters. The smallest absolute Gasteiger partial charge is 0.284 e. The fourth-order valence-electron chi connectivity index (χ4n) is 2.48. The predicted molar refractivity (Wildman–Crippen MR) is 83.0 cm³/mol. The van der Waals surface area contributed by atoms with Crippen LogP contribution in [0.1, 0.15) is 31.6 Å². The Morgan fingerprint density at radius 1 is 1.29 bits per heavy atom. The lowest BCUT2D eigenvalue weighted by Gasteiger charge is -2.12. The minimum Gasteiger partial charge on any atom is -0.404 e. The summed E-state index contributed by atoms with van der Waals surface area (Å²) in [5, 5.41) is 0. The number of allylic oxidation sites excluding steroid dienone is 3. The summed E-state index contributed by atoms with van der Waals surface area (Å²) in [7, 11) is 0. The molecule has 2 aromatic rings. The molecule has 0 bridgehead atoms. The second kappa shape index (κ2) is 5.54. The zero-order valence-electron chi connectivity index (χ0n) is 12.9. The first-order chi connectivity index (χ1) is 11.2. The summed E-state index contributed by atoms with van der Waals surface area (Å²) in [5.41, 5.74) is 11.1. The van der Waals surface area contributed by atoms with Crippen LogP contribution in [0, 0.1) is 11.6 Å². The highest BCUT2D eigenvalue weighted by Gasteiger charge is 2.31. The van der Waals surface area contributed by atoms with Crippen molar-refractivity contribution >= 4 is 16.6 Å². The lowest BCUT2D eigenvalue weighted by molar-refractivity contribution is 0.0619. The number of nitrogens with zero attached hydrogens (tertiary/aromatic N) is 2. The van der Waals surface area contributed by atoms with Crippen LogP contribution in [0.4, 0.5) is 17.6 Å². The van der Waals surface area contributed by atoms with Crippen LogP contribution in [-0.4, -0.2) is 15.5 Å². The number of benzene rings is 1. The van der Waals surface area contributed by atoms with Gasteiger partial charge in [-0.1, -0.05) is 0 Å². The monoisotopic (exact) mass is 340 g/mol. The largest absolute Gasteiger partial charge is 0.404 e. The second-order valence-electron chi connectivity index (χ2n) is 5.90. The molecule has 4 N–H and O–H groups in total. The third-order valence-electron chi connectivity index (χ3n) is 3.90. The van der Waals surface area contributed by atoms with Crippen molar-refractivity contribution in [2.45, 2.75) is 31.7 Å². The highest BCUT2D eigenvalue weighted by atomic mass is 19.3. The molecule has 8 heteroatoms. The summed E-state index contributed by atoms with van der Waals surface area (Å²) in [6.07, 6.45) is 3.80. The van der Waals surface area contributed by atoms with Gasteiger partial charge in [-0.3, -0.25) is 0 Å². The molecule has 1 aliphatic carbocycles. The molecule has 0 saturated heterocycles. The predicted octanol–water partition coefficient (Wildman–Crippen LogP) is 3.45. The van der Waals surface area contributed by atoms with Crippen LogP contribution in [0.25, 0.3) is 16.6 Å². The number of halogens is 4. The average molecular weight is 340 g/mol. The standard InChI is InChI=1S/C16H16F4N4/c1-16(19,20)14(22)4-8(7-21)15-23-12-5-10(17)11(18)6-13(12)24(15)9-2-3-9/h4-7,9H,2-3,21-22H2,1H3/b8-7+,14-4-. The number of nitrogens with two attached hydrogens (primary N) is 2. The molecule has 0 spiro atoms. The number of aromatic nitrogens is 2. The van der Waals surface area contributed by atoms with Crippen molar-refractivity contribution < 1.29 is 17.6 Å². The Labute approximate surface area is 135 Å². The fraction of sp³-hybridized carbons (Fsp3) is 0.312. The van der Waals surface area contributed by atoms with Gasteiger partial charge in [-0.15, -0.1) is 0 Å². The van der Waals surface area contributed by atoms with E-state index >= 15 is 0 Å². The molecule has 4 nitrogen and oxygen atoms in total. The van der Waals surface area contributed by atoms with Gasteiger partial charge >= 0.3 is 0 Å². The van der Waals surface area contributed by atoms with Gasteiger partial charge in [0.25, 0.3) is 5.92 Å². The topological polar surface area (TPSA) is 69.9 Å². The molecule has 1 aromatic carbocycles. The van der Waals surface area contributed by atoms with Crippen molar-refractivity contribution in [2.24, 2.45) is 11.5 Å². The van der Waals surface area contributed by atoms with Crippen LogP contribution in [0.3, 0.4) is 0 Å². The van der Waals surface area contributed by atoms with Crippen LogP contribution in [0.2, 0.25) is 0 Å². The Kier molecular flexibility index (Phi) is 3.77. The molecule has 0 amide bonds. The van der Waals surface area contributed by atoms with Crippen molar-refractivity contribution in [1.29, 1.82) is 0 Å². The van der Waals surface area contributed by atoms with E-state index in [0.29, 0.717) is 12.4 Å². The molecular weight excluding hydrogens is 324 g/mol. The van der Waals surface area contributed by atoms with Gasteiger partial charge in [-0.05, 0) is 18.9 Å². The molecule has 1 aliphatic rings. The number of fused-ring (bicyclic) bond motifs is 1. The maximum Gasteiger partial charge on any atom is 0.284 e. The lowest BCUT2D eigenvalue weighted by Crippen LogP contribution is -2.21. The Morgan fingerprint density at radius 3 is 2.46 bits per heavy atom. The number of rotatable bonds is 4. The van der Waals surface area contributed by atoms with Gasteiger partial charge in [-0.25, -0.2) is 22.5 Å². The summed E-state index contributed by atoms with van der Waals surface area (Å²) >= 11 is 0. The molecule has 3 rings (SSSR count). The number of alkyl halides is 2. The van der Waals surface area contributed by atoms with Crippen molar-refractivity contribution in [1.82, 2.24) is 9.55 Å². The van der Waals surface area contributed by atoms with E-state index in [0.717, 1.165) is 37.3 Å². The van der Waals surface area contributed by atoms with Gasteiger partial charge in [0.1, 0.15) is 5.82 Å². The average Bonchev–Trinajstić information content (AvgIpc) is 3.27. The van der Waals surface area contributed by atoms with Crippen molar-refractivity contribution in [3.63, 3.8) is 0 Å². The van der Waals surface area contributed by atoms with E-state index in [2.05, 4.69) is 4.98 Å². The Balaban J connectivity index is 2.19. The van der Waals surface area contributed by atoms with Gasteiger partial charge in [0.05, 0.1) is 16.7 Å². The molecule has 1 saturated carbocycles. The third-order valence-corrected chi connectivity index (χ3v) is 3.90. The van der Waals surface area contributed by atoms with Crippen LogP contribution in [0.5, 0.6) is 0 Å². The molecule has 128 valence electrons. The van der Waals surface area contributed by atoms with Crippen LogP contribution in [0.15, 0.2) is 30.1 Å². The van der Waals surface area contributed by atoms with Gasteiger partial charge < -0.3 is 16.0 Å². The Bertz CT molecular complexity index is 857. The minimum absolute atomic E-state index is 0.0431. The summed E-state index contributed by atoms with van der Waals surface area (Å²) in [6, 6.07) is 2.07. The van der Waals surface area contributed by atoms with E-state index < -0.39 is 23.3 Å². The lowest BCUT2D eigenvalue weighted by atomic mass is 10.1. The van der Waals surface area contributed by atoms with E-state index in [1.165, 1.54) is 0 Å². The zero-order chi connectivity index (χ0) is 17.6. The quantitative estimate of drug-likeness (QED) is 0.662. The Hall–Kier alpha value is -2.51. The number of hydrogen-bond acceptors (Lipinski definition) is 3. The zero-order valence-corrected chi connectivity index (χ0v) is 12.9. The molecule has 24 heavy (non-hydrogen) atoms. The molecular formula is C16H16F4N4. The van der Waals surface area contributed by atoms with E-state index in [9.17, 15) is 17.6 Å². The molecule has 1 fully saturated rings. The molecule has 1 aromatic heterocycles. The van der Waals surface area contributed by atoms with Gasteiger partial charge in [0.15, 0.2) is 11.6 Å².